The van der Waals surface area contributed by atoms with Gasteiger partial charge in [-0.2, -0.15) is 0 Å². The molecule has 0 N–H and O–H groups in total. The minimum Gasteiger partial charge on any atom is -0.465 e. The van der Waals surface area contributed by atoms with Gasteiger partial charge in [0.05, 0.1) is 6.61 Å². The number of piperidine rings is 1. The molecule has 0 spiro atoms. The molecule has 1 aromatic rings. The van der Waals surface area contributed by atoms with Crippen LogP contribution in [0.2, 0.25) is 0 Å². The molecule has 108 valence electrons. The maximum atomic E-state index is 11.8. The number of benzene rings is 1. The number of nitrogens with zero attached hydrogens (tertiary/aromatic N) is 1. The first kappa shape index (κ1) is 14.7. The van der Waals surface area contributed by atoms with Crippen LogP contribution in [-0.2, 0) is 20.7 Å². The Morgan fingerprint density at radius 2 is 2.10 bits per heavy atom. The maximum Gasteiger partial charge on any atom is 0.317 e. The molecule has 0 amide bonds. The van der Waals surface area contributed by atoms with Crippen LogP contribution >= 0.6 is 0 Å². The van der Waals surface area contributed by atoms with Crippen molar-refractivity contribution in [2.24, 2.45) is 5.92 Å². The third kappa shape index (κ3) is 3.90. The van der Waals surface area contributed by atoms with Crippen molar-refractivity contribution in [3.8, 4) is 0 Å². The Bertz CT molecular complexity index is 458. The second kappa shape index (κ2) is 7.20. The lowest BCUT2D eigenvalue weighted by Gasteiger charge is -2.30. The van der Waals surface area contributed by atoms with Crippen molar-refractivity contribution in [3.05, 3.63) is 35.9 Å². The molecule has 1 aliphatic rings. The molecule has 1 aromatic carbocycles. The summed E-state index contributed by atoms with van der Waals surface area (Å²) in [6, 6.07) is 10.2. The van der Waals surface area contributed by atoms with Crippen LogP contribution in [0.3, 0.4) is 0 Å². The number of hydrogen-bond acceptors (Lipinski definition) is 4. The van der Waals surface area contributed by atoms with E-state index in [1.807, 2.05) is 18.2 Å². The minimum atomic E-state index is -0.598. The van der Waals surface area contributed by atoms with Gasteiger partial charge in [0.1, 0.15) is 11.7 Å². The van der Waals surface area contributed by atoms with Crippen LogP contribution in [-0.4, -0.2) is 42.9 Å². The third-order valence-corrected chi connectivity index (χ3v) is 3.63. The molecule has 0 aliphatic carbocycles. The molecule has 1 atom stereocenters. The number of Topliss-reactive ketones (excluding diaryl/α,β-unsaturated/α-hetero) is 1. The lowest BCUT2D eigenvalue weighted by Crippen LogP contribution is -2.45. The predicted molar refractivity (Wildman–Crippen MR) is 76.3 cm³/mol. The van der Waals surface area contributed by atoms with Gasteiger partial charge in [-0.3, -0.25) is 9.59 Å². The molecule has 1 fully saturated rings. The maximum absolute atomic E-state index is 11.8. The van der Waals surface area contributed by atoms with Crippen LogP contribution in [0.1, 0.15) is 18.9 Å². The van der Waals surface area contributed by atoms with Crippen molar-refractivity contribution in [3.63, 3.8) is 0 Å². The highest BCUT2D eigenvalue weighted by Crippen LogP contribution is 2.15. The smallest absolute Gasteiger partial charge is 0.317 e. The number of hydrogen-bond donors (Lipinski definition) is 0. The molecule has 4 nitrogen and oxygen atoms in total. The fourth-order valence-electron chi connectivity index (χ4n) is 2.48. The number of ketones is 1. The normalized spacial score (nSPS) is 19.9. The molecule has 0 unspecified atom stereocenters. The Kier molecular flexibility index (Phi) is 5.30. The van der Waals surface area contributed by atoms with Gasteiger partial charge in [-0.25, -0.2) is 0 Å². The van der Waals surface area contributed by atoms with Crippen LogP contribution in [0.25, 0.3) is 0 Å². The van der Waals surface area contributed by atoms with Crippen molar-refractivity contribution in [1.82, 2.24) is 4.90 Å². The van der Waals surface area contributed by atoms with Gasteiger partial charge >= 0.3 is 5.97 Å². The van der Waals surface area contributed by atoms with E-state index >= 15 is 0 Å². The number of ether oxygens (including phenoxy) is 1. The first-order valence-corrected chi connectivity index (χ1v) is 7.16. The summed E-state index contributed by atoms with van der Waals surface area (Å²) in [7, 11) is 0. The largest absolute Gasteiger partial charge is 0.465 e. The first-order chi connectivity index (χ1) is 9.70. The van der Waals surface area contributed by atoms with Crippen LogP contribution in [0, 0.1) is 5.92 Å². The zero-order chi connectivity index (χ0) is 14.4. The van der Waals surface area contributed by atoms with Gasteiger partial charge in [0.25, 0.3) is 0 Å². The minimum absolute atomic E-state index is 0.0133. The van der Waals surface area contributed by atoms with Crippen LogP contribution in [0.15, 0.2) is 30.3 Å². The van der Waals surface area contributed by atoms with E-state index in [0.717, 1.165) is 19.5 Å². The third-order valence-electron chi connectivity index (χ3n) is 3.63. The van der Waals surface area contributed by atoms with E-state index in [1.54, 1.807) is 6.92 Å². The van der Waals surface area contributed by atoms with Crippen molar-refractivity contribution in [2.45, 2.75) is 19.8 Å². The van der Waals surface area contributed by atoms with Gasteiger partial charge in [-0.15, -0.1) is 0 Å². The molecule has 1 saturated heterocycles. The molecule has 0 radical (unpaired) electrons. The van der Waals surface area contributed by atoms with Gasteiger partial charge in [0.15, 0.2) is 0 Å². The highest BCUT2D eigenvalue weighted by atomic mass is 16.5. The standard InChI is InChI=1S/C16H21NO3/c1-2-20-16(19)14-12-17(11-9-15(14)18)10-8-13-6-4-3-5-7-13/h3-7,14H,2,8-12H2,1H3/t14-/m0/s1. The molecule has 0 aromatic heterocycles. The average molecular weight is 275 g/mol. The molecular weight excluding hydrogens is 254 g/mol. The Labute approximate surface area is 119 Å². The summed E-state index contributed by atoms with van der Waals surface area (Å²) in [5.41, 5.74) is 1.28. The average Bonchev–Trinajstić information content (AvgIpc) is 2.47. The van der Waals surface area contributed by atoms with E-state index < -0.39 is 5.92 Å². The SMILES string of the molecule is CCOC(=O)[C@H]1CN(CCc2ccccc2)CCC1=O. The summed E-state index contributed by atoms with van der Waals surface area (Å²) in [5, 5.41) is 0. The summed E-state index contributed by atoms with van der Waals surface area (Å²) in [5.74, 6) is -0.958. The topological polar surface area (TPSA) is 46.6 Å². The number of esters is 1. The van der Waals surface area contributed by atoms with E-state index in [4.69, 9.17) is 4.74 Å². The molecule has 0 saturated carbocycles. The molecule has 2 rings (SSSR count). The monoisotopic (exact) mass is 275 g/mol. The first-order valence-electron chi connectivity index (χ1n) is 7.16. The van der Waals surface area contributed by atoms with Crippen molar-refractivity contribution in [2.75, 3.05) is 26.2 Å². The second-order valence-electron chi connectivity index (χ2n) is 5.06. The fourth-order valence-corrected chi connectivity index (χ4v) is 2.48. The lowest BCUT2D eigenvalue weighted by atomic mass is 9.96. The molecule has 1 aliphatic heterocycles. The lowest BCUT2D eigenvalue weighted by molar-refractivity contribution is -0.153. The van der Waals surface area contributed by atoms with E-state index in [-0.39, 0.29) is 11.8 Å². The Hall–Kier alpha value is -1.68. The predicted octanol–water partition coefficient (Wildman–Crippen LogP) is 1.68. The number of carbonyl (C=O) groups is 2. The van der Waals surface area contributed by atoms with Gasteiger partial charge < -0.3 is 9.64 Å². The van der Waals surface area contributed by atoms with E-state index in [9.17, 15) is 9.59 Å². The van der Waals surface area contributed by atoms with Crippen LogP contribution in [0.4, 0.5) is 0 Å². The zero-order valence-electron chi connectivity index (χ0n) is 11.9. The van der Waals surface area contributed by atoms with Crippen LogP contribution < -0.4 is 0 Å². The van der Waals surface area contributed by atoms with Gasteiger partial charge in [0, 0.05) is 26.1 Å². The Morgan fingerprint density at radius 1 is 1.35 bits per heavy atom. The second-order valence-corrected chi connectivity index (χ2v) is 5.06. The summed E-state index contributed by atoms with van der Waals surface area (Å²) in [6.07, 6.45) is 1.38. The van der Waals surface area contributed by atoms with Crippen molar-refractivity contribution >= 4 is 11.8 Å². The van der Waals surface area contributed by atoms with Crippen LogP contribution in [0.5, 0.6) is 0 Å². The van der Waals surface area contributed by atoms with Gasteiger partial charge in [0.2, 0.25) is 0 Å². The molecule has 1 heterocycles. The summed E-state index contributed by atoms with van der Waals surface area (Å²) >= 11 is 0. The summed E-state index contributed by atoms with van der Waals surface area (Å²) in [4.78, 5) is 25.7. The van der Waals surface area contributed by atoms with Crippen molar-refractivity contribution in [1.29, 1.82) is 0 Å². The highest BCUT2D eigenvalue weighted by molar-refractivity contribution is 5.99. The molecule has 20 heavy (non-hydrogen) atoms. The van der Waals surface area contributed by atoms with Gasteiger partial charge in [-0.1, -0.05) is 30.3 Å². The Morgan fingerprint density at radius 3 is 2.80 bits per heavy atom. The molecule has 4 heteroatoms. The highest BCUT2D eigenvalue weighted by Gasteiger charge is 2.33. The Balaban J connectivity index is 1.87. The fraction of sp³-hybridized carbons (Fsp3) is 0.500. The number of likely N-dealkylation sites (tertiary alicyclic amines) is 1. The zero-order valence-corrected chi connectivity index (χ0v) is 11.9. The van der Waals surface area contributed by atoms with E-state index in [1.165, 1.54) is 5.56 Å². The molecule has 0 bridgehead atoms. The summed E-state index contributed by atoms with van der Waals surface area (Å²) < 4.78 is 4.98. The van der Waals surface area contributed by atoms with E-state index in [0.29, 0.717) is 19.6 Å². The summed E-state index contributed by atoms with van der Waals surface area (Å²) in [6.45, 7) is 4.18. The van der Waals surface area contributed by atoms with E-state index in [2.05, 4.69) is 17.0 Å². The van der Waals surface area contributed by atoms with Gasteiger partial charge in [-0.05, 0) is 18.9 Å². The number of carbonyl (C=O) groups excluding carboxylic acids is 2. The molecular formula is C16H21NO3. The number of rotatable bonds is 5. The quantitative estimate of drug-likeness (QED) is 0.606. The van der Waals surface area contributed by atoms with Crippen molar-refractivity contribution < 1.29 is 14.3 Å².